The number of hydrogen-bond acceptors (Lipinski definition) is 0. The van der Waals surface area contributed by atoms with Gasteiger partial charge < -0.3 is 0 Å². The van der Waals surface area contributed by atoms with E-state index in [0.717, 1.165) is 21.9 Å². The summed E-state index contributed by atoms with van der Waals surface area (Å²) in [5.41, 5.74) is 1.99. The second-order valence-corrected chi connectivity index (χ2v) is 5.60. The molecule has 0 aliphatic carbocycles. The highest BCUT2D eigenvalue weighted by Crippen LogP contribution is 2.35. The summed E-state index contributed by atoms with van der Waals surface area (Å²) in [5, 5.41) is 4.63. The zero-order chi connectivity index (χ0) is 19.1. The molecule has 1 aromatic heterocycles. The first-order valence-electron chi connectivity index (χ1n) is 9.29. The fourth-order valence-electron chi connectivity index (χ4n) is 3.14. The maximum absolute atomic E-state index is 13.9. The van der Waals surface area contributed by atoms with Gasteiger partial charge in [0.15, 0.2) is 12.0 Å². The molecule has 2 heteroatoms. The molecule has 4 aromatic rings. The number of halogens is 1. The van der Waals surface area contributed by atoms with Crippen LogP contribution in [-0.2, 0) is 7.05 Å². The van der Waals surface area contributed by atoms with Gasteiger partial charge in [0, 0.05) is 11.1 Å². The van der Waals surface area contributed by atoms with Crippen molar-refractivity contribution in [2.45, 2.75) is 27.7 Å². The van der Waals surface area contributed by atoms with Crippen LogP contribution >= 0.6 is 0 Å². The largest absolute Gasteiger partial charge is 0.205 e. The highest BCUT2D eigenvalue weighted by molar-refractivity contribution is 6.12. The summed E-state index contributed by atoms with van der Waals surface area (Å²) in [6.07, 6.45) is 3.45. The summed E-state index contributed by atoms with van der Waals surface area (Å²) in [6.45, 7) is 8.00. The Balaban J connectivity index is 0.000000570. The van der Waals surface area contributed by atoms with Gasteiger partial charge in [-0.1, -0.05) is 76.2 Å². The summed E-state index contributed by atoms with van der Waals surface area (Å²) in [5.74, 6) is -0.225. The van der Waals surface area contributed by atoms with E-state index in [1.165, 1.54) is 17.0 Å². The SMILES string of the molecule is CC.CC.C[n+]1cc(F)cc(-c2c3ccccc3cc3ccccc23)c1. The zero-order valence-electron chi connectivity index (χ0n) is 16.3. The molecule has 0 spiro atoms. The summed E-state index contributed by atoms with van der Waals surface area (Å²) >= 11 is 0. The minimum atomic E-state index is -0.225. The van der Waals surface area contributed by atoms with Crippen molar-refractivity contribution in [2.75, 3.05) is 0 Å². The monoisotopic (exact) mass is 348 g/mol. The Hall–Kier alpha value is -2.74. The molecule has 0 atom stereocenters. The van der Waals surface area contributed by atoms with Gasteiger partial charge >= 0.3 is 0 Å². The van der Waals surface area contributed by atoms with Crippen LogP contribution in [0.3, 0.4) is 0 Å². The van der Waals surface area contributed by atoms with Crippen LogP contribution in [0.5, 0.6) is 0 Å². The molecule has 3 aromatic carbocycles. The third kappa shape index (κ3) is 3.91. The van der Waals surface area contributed by atoms with Crippen molar-refractivity contribution in [1.29, 1.82) is 0 Å². The van der Waals surface area contributed by atoms with Crippen LogP contribution in [0.2, 0.25) is 0 Å². The Bertz CT molecular complexity index is 931. The molecular weight excluding hydrogens is 321 g/mol. The molecule has 26 heavy (non-hydrogen) atoms. The number of rotatable bonds is 1. The zero-order valence-corrected chi connectivity index (χ0v) is 16.3. The minimum absolute atomic E-state index is 0.225. The molecule has 0 amide bonds. The molecule has 0 bridgehead atoms. The van der Waals surface area contributed by atoms with E-state index in [0.29, 0.717) is 0 Å². The van der Waals surface area contributed by atoms with Crippen LogP contribution in [-0.4, -0.2) is 0 Å². The molecule has 134 valence electrons. The molecule has 4 rings (SSSR count). The van der Waals surface area contributed by atoms with Crippen LogP contribution in [0, 0.1) is 5.82 Å². The maximum atomic E-state index is 13.9. The molecule has 0 aliphatic heterocycles. The average Bonchev–Trinajstić information content (AvgIpc) is 2.68. The molecule has 0 aliphatic rings. The van der Waals surface area contributed by atoms with Gasteiger partial charge in [0.2, 0.25) is 6.20 Å². The number of aromatic nitrogens is 1. The Morgan fingerprint density at radius 3 is 1.69 bits per heavy atom. The Morgan fingerprint density at radius 2 is 1.19 bits per heavy atom. The second-order valence-electron chi connectivity index (χ2n) is 5.60. The van der Waals surface area contributed by atoms with Crippen LogP contribution in [0.4, 0.5) is 4.39 Å². The molecular formula is C24H27FN+. The van der Waals surface area contributed by atoms with Gasteiger partial charge in [0.05, 0.1) is 0 Å². The lowest BCUT2D eigenvalue weighted by Gasteiger charge is -2.11. The molecule has 0 unspecified atom stereocenters. The quantitative estimate of drug-likeness (QED) is 0.267. The molecule has 0 radical (unpaired) electrons. The second kappa shape index (κ2) is 9.10. The van der Waals surface area contributed by atoms with E-state index in [-0.39, 0.29) is 5.82 Å². The summed E-state index contributed by atoms with van der Waals surface area (Å²) in [6, 6.07) is 20.3. The number of nitrogens with zero attached hydrogens (tertiary/aromatic N) is 1. The lowest BCUT2D eigenvalue weighted by Crippen LogP contribution is -2.27. The van der Waals surface area contributed by atoms with Gasteiger partial charge in [-0.3, -0.25) is 0 Å². The Morgan fingerprint density at radius 1 is 0.692 bits per heavy atom. The third-order valence-electron chi connectivity index (χ3n) is 4.02. The number of fused-ring (bicyclic) bond motifs is 2. The van der Waals surface area contributed by atoms with Crippen molar-refractivity contribution in [3.05, 3.63) is 78.9 Å². The number of hydrogen-bond donors (Lipinski definition) is 0. The van der Waals surface area contributed by atoms with Crippen LogP contribution < -0.4 is 4.57 Å². The van der Waals surface area contributed by atoms with Crippen molar-refractivity contribution in [1.82, 2.24) is 0 Å². The van der Waals surface area contributed by atoms with Crippen molar-refractivity contribution in [3.8, 4) is 11.1 Å². The van der Waals surface area contributed by atoms with E-state index in [1.54, 1.807) is 10.6 Å². The van der Waals surface area contributed by atoms with E-state index in [9.17, 15) is 4.39 Å². The topological polar surface area (TPSA) is 3.88 Å². The van der Waals surface area contributed by atoms with Crippen molar-refractivity contribution in [2.24, 2.45) is 7.05 Å². The first kappa shape index (κ1) is 19.6. The van der Waals surface area contributed by atoms with Crippen molar-refractivity contribution in [3.63, 3.8) is 0 Å². The number of pyridine rings is 1. The van der Waals surface area contributed by atoms with Crippen LogP contribution in [0.25, 0.3) is 32.7 Å². The van der Waals surface area contributed by atoms with Gasteiger partial charge in [-0.2, -0.15) is 0 Å². The molecule has 1 heterocycles. The van der Waals surface area contributed by atoms with Gasteiger partial charge in [-0.05, 0) is 33.7 Å². The smallest absolute Gasteiger partial charge is 0.204 e. The van der Waals surface area contributed by atoms with E-state index in [2.05, 4.69) is 30.3 Å². The normalized spacial score (nSPS) is 9.92. The summed E-state index contributed by atoms with van der Waals surface area (Å²) < 4.78 is 15.7. The predicted octanol–water partition coefficient (Wildman–Crippen LogP) is 6.68. The first-order chi connectivity index (χ1) is 12.7. The van der Waals surface area contributed by atoms with Gasteiger partial charge in [0.1, 0.15) is 7.05 Å². The average molecular weight is 348 g/mol. The van der Waals surface area contributed by atoms with Crippen molar-refractivity contribution < 1.29 is 8.96 Å². The van der Waals surface area contributed by atoms with E-state index < -0.39 is 0 Å². The minimum Gasteiger partial charge on any atom is -0.205 e. The maximum Gasteiger partial charge on any atom is 0.204 e. The first-order valence-corrected chi connectivity index (χ1v) is 9.29. The molecule has 0 saturated heterocycles. The van der Waals surface area contributed by atoms with E-state index >= 15 is 0 Å². The lowest BCUT2D eigenvalue weighted by molar-refractivity contribution is -0.672. The third-order valence-corrected chi connectivity index (χ3v) is 4.02. The number of benzene rings is 3. The van der Waals surface area contributed by atoms with E-state index in [4.69, 9.17) is 0 Å². The summed E-state index contributed by atoms with van der Waals surface area (Å²) in [7, 11) is 1.85. The van der Waals surface area contributed by atoms with E-state index in [1.807, 2.05) is 65.2 Å². The molecule has 1 nitrogen and oxygen atoms in total. The van der Waals surface area contributed by atoms with Gasteiger partial charge in [-0.15, -0.1) is 0 Å². The summed E-state index contributed by atoms with van der Waals surface area (Å²) in [4.78, 5) is 0. The van der Waals surface area contributed by atoms with Gasteiger partial charge in [0.25, 0.3) is 0 Å². The predicted molar refractivity (Wildman–Crippen MR) is 111 cm³/mol. The Labute approximate surface area is 155 Å². The molecule has 0 fully saturated rings. The lowest BCUT2D eigenvalue weighted by atomic mass is 9.93. The highest BCUT2D eigenvalue weighted by atomic mass is 19.1. The highest BCUT2D eigenvalue weighted by Gasteiger charge is 2.13. The van der Waals surface area contributed by atoms with Crippen LogP contribution in [0.15, 0.2) is 73.1 Å². The van der Waals surface area contributed by atoms with Crippen LogP contribution in [0.1, 0.15) is 27.7 Å². The Kier molecular flexibility index (Phi) is 6.85. The fourth-order valence-corrected chi connectivity index (χ4v) is 3.14. The van der Waals surface area contributed by atoms with Crippen molar-refractivity contribution >= 4 is 21.5 Å². The standard InChI is InChI=1S/C20H15FN.2C2H6/c1-22-12-16(11-17(21)13-22)20-18-8-4-2-6-14(18)10-15-7-3-5-9-19(15)20;2*1-2/h2-13H,1H3;2*1-2H3/q+1;;. The molecule has 0 saturated carbocycles. The number of aryl methyl sites for hydroxylation is 1. The molecule has 0 N–H and O–H groups in total. The fraction of sp³-hybridized carbons (Fsp3) is 0.208. The van der Waals surface area contributed by atoms with Gasteiger partial charge in [-0.25, -0.2) is 8.96 Å².